The highest BCUT2D eigenvalue weighted by Crippen LogP contribution is 2.34. The number of rotatable bonds is 11. The molecule has 3 aromatic carbocycles. The van der Waals surface area contributed by atoms with Crippen molar-refractivity contribution in [1.82, 2.24) is 4.98 Å². The molecule has 4 aromatic rings. The summed E-state index contributed by atoms with van der Waals surface area (Å²) in [5.41, 5.74) is 5.74. The number of hydrogen-bond acceptors (Lipinski definition) is 6. The molecular weight excluding hydrogens is 466 g/mol. The minimum absolute atomic E-state index is 0.432. The van der Waals surface area contributed by atoms with Crippen LogP contribution in [-0.2, 0) is 33.9 Å². The van der Waals surface area contributed by atoms with Gasteiger partial charge in [0, 0.05) is 45.8 Å². The van der Waals surface area contributed by atoms with Crippen LogP contribution in [0.3, 0.4) is 0 Å². The van der Waals surface area contributed by atoms with Crippen molar-refractivity contribution in [3.8, 4) is 0 Å². The number of ether oxygens (including phenoxy) is 1. The van der Waals surface area contributed by atoms with E-state index in [-0.39, 0.29) is 0 Å². The molecule has 4 rings (SSSR count). The Morgan fingerprint density at radius 1 is 0.824 bits per heavy atom. The van der Waals surface area contributed by atoms with E-state index in [1.165, 1.54) is 0 Å². The molecule has 0 saturated heterocycles. The quantitative estimate of drug-likeness (QED) is 0.177. The Hall–Kier alpha value is -3.33. The summed E-state index contributed by atoms with van der Waals surface area (Å²) in [7, 11) is 0. The lowest BCUT2D eigenvalue weighted by Gasteiger charge is -2.16. The Balaban J connectivity index is 1.68. The summed E-state index contributed by atoms with van der Waals surface area (Å²) in [6, 6.07) is 22.4. The summed E-state index contributed by atoms with van der Waals surface area (Å²) in [5.74, 6) is 0. The van der Waals surface area contributed by atoms with Crippen LogP contribution in [0.4, 0.5) is 17.1 Å². The summed E-state index contributed by atoms with van der Waals surface area (Å²) in [5, 5.41) is 12.3. The fraction of sp³-hybridized carbons (Fsp3) is 0.192. The van der Waals surface area contributed by atoms with Gasteiger partial charge in [-0.3, -0.25) is 0 Å². The minimum atomic E-state index is 0.432. The maximum absolute atomic E-state index is 10.6. The molecule has 2 N–H and O–H groups in total. The highest BCUT2D eigenvalue weighted by atomic mass is 32.1. The lowest BCUT2D eigenvalue weighted by molar-refractivity contribution is 0.128. The smallest absolute Gasteiger partial charge is 0.0841 e. The van der Waals surface area contributed by atoms with Crippen LogP contribution in [0.1, 0.15) is 18.4 Å². The third-order valence-electron chi connectivity index (χ3n) is 5.23. The van der Waals surface area contributed by atoms with E-state index in [4.69, 9.17) is 9.72 Å². The van der Waals surface area contributed by atoms with Crippen molar-refractivity contribution in [3.63, 3.8) is 0 Å². The Morgan fingerprint density at radius 3 is 2.18 bits per heavy atom. The number of benzene rings is 3. The van der Waals surface area contributed by atoms with Crippen molar-refractivity contribution < 1.29 is 13.2 Å². The van der Waals surface area contributed by atoms with Gasteiger partial charge in [-0.05, 0) is 42.3 Å². The first-order valence-electron chi connectivity index (χ1n) is 11.0. The summed E-state index contributed by atoms with van der Waals surface area (Å²) in [6.07, 6.45) is 1.27. The molecule has 0 aliphatic heterocycles. The SMILES string of the molecule is O=S=CCCNc1cc(COCCC=S=O)cc(Nc2c3ccccc3nc3ccccc23)c1. The summed E-state index contributed by atoms with van der Waals surface area (Å²) in [6.45, 7) is 1.59. The topological polar surface area (TPSA) is 80.3 Å². The Labute approximate surface area is 205 Å². The Kier molecular flexibility index (Phi) is 8.56. The van der Waals surface area contributed by atoms with Gasteiger partial charge in [0.2, 0.25) is 0 Å². The summed E-state index contributed by atoms with van der Waals surface area (Å²) < 4.78 is 26.9. The number of hydrogen-bond donors (Lipinski definition) is 2. The van der Waals surface area contributed by atoms with Crippen molar-refractivity contribution in [2.75, 3.05) is 23.8 Å². The number of aromatic nitrogens is 1. The number of anilines is 3. The van der Waals surface area contributed by atoms with Gasteiger partial charge in [0.1, 0.15) is 0 Å². The molecule has 0 aliphatic carbocycles. The van der Waals surface area contributed by atoms with Crippen molar-refractivity contribution in [3.05, 3.63) is 72.3 Å². The normalized spacial score (nSPS) is 10.7. The Bertz CT molecular complexity index is 1340. The van der Waals surface area contributed by atoms with Gasteiger partial charge < -0.3 is 15.4 Å². The molecule has 1 aromatic heterocycles. The average molecular weight is 492 g/mol. The lowest BCUT2D eigenvalue weighted by atomic mass is 10.1. The van der Waals surface area contributed by atoms with Crippen molar-refractivity contribution in [1.29, 1.82) is 0 Å². The monoisotopic (exact) mass is 491 g/mol. The highest BCUT2D eigenvalue weighted by Gasteiger charge is 2.10. The fourth-order valence-electron chi connectivity index (χ4n) is 3.76. The molecule has 0 fully saturated rings. The standard InChI is InChI=1S/C26H25N3O3S2/c30-33-13-5-11-27-20-15-19(18-32-12-6-14-34-31)16-21(17-20)28-26-22-7-1-3-9-24(22)29-25-10-4-2-8-23(25)26/h1-4,7-10,13-17,27H,5-6,11-12,18H2,(H,28,29). The van der Waals surface area contributed by atoms with Crippen LogP contribution in [0.15, 0.2) is 66.7 Å². The number of pyridine rings is 1. The van der Waals surface area contributed by atoms with E-state index in [0.29, 0.717) is 55.1 Å². The van der Waals surface area contributed by atoms with Gasteiger partial charge in [-0.1, -0.05) is 36.4 Å². The van der Waals surface area contributed by atoms with E-state index >= 15 is 0 Å². The van der Waals surface area contributed by atoms with E-state index in [1.54, 1.807) is 10.7 Å². The molecule has 0 aliphatic rings. The van der Waals surface area contributed by atoms with E-state index in [0.717, 1.165) is 44.4 Å². The van der Waals surface area contributed by atoms with E-state index in [1.807, 2.05) is 42.5 Å². The number of para-hydroxylation sites is 2. The maximum atomic E-state index is 10.6. The molecule has 8 heteroatoms. The summed E-state index contributed by atoms with van der Waals surface area (Å²) in [4.78, 5) is 4.81. The van der Waals surface area contributed by atoms with Crippen molar-refractivity contribution >= 4 is 72.1 Å². The second-order valence-electron chi connectivity index (χ2n) is 7.65. The highest BCUT2D eigenvalue weighted by molar-refractivity contribution is 7.65. The maximum Gasteiger partial charge on any atom is 0.0841 e. The van der Waals surface area contributed by atoms with Gasteiger partial charge in [-0.2, -0.15) is 0 Å². The zero-order valence-corrected chi connectivity index (χ0v) is 20.2. The molecule has 34 heavy (non-hydrogen) atoms. The first-order valence-corrected chi connectivity index (χ1v) is 12.6. The molecule has 1 heterocycles. The van der Waals surface area contributed by atoms with Gasteiger partial charge in [0.05, 0.1) is 52.4 Å². The number of fused-ring (bicyclic) bond motifs is 2. The van der Waals surface area contributed by atoms with Gasteiger partial charge >= 0.3 is 0 Å². The van der Waals surface area contributed by atoms with Gasteiger partial charge in [0.15, 0.2) is 0 Å². The van der Waals surface area contributed by atoms with Crippen LogP contribution in [0, 0.1) is 0 Å². The van der Waals surface area contributed by atoms with Crippen LogP contribution in [0.2, 0.25) is 0 Å². The first-order chi connectivity index (χ1) is 16.8. The second-order valence-corrected chi connectivity index (χ2v) is 8.70. The van der Waals surface area contributed by atoms with Crippen LogP contribution >= 0.6 is 0 Å². The van der Waals surface area contributed by atoms with Gasteiger partial charge in [-0.15, -0.1) is 0 Å². The molecular formula is C26H25N3O3S2. The fourth-order valence-corrected chi connectivity index (χ4v) is 4.17. The van der Waals surface area contributed by atoms with Crippen LogP contribution in [-0.4, -0.2) is 37.3 Å². The third-order valence-corrected chi connectivity index (χ3v) is 5.97. The third kappa shape index (κ3) is 6.17. The molecule has 6 nitrogen and oxygen atoms in total. The van der Waals surface area contributed by atoms with Crippen molar-refractivity contribution in [2.24, 2.45) is 0 Å². The minimum Gasteiger partial charge on any atom is -0.385 e. The molecule has 0 unspecified atom stereocenters. The zero-order chi connectivity index (χ0) is 23.6. The molecule has 0 bridgehead atoms. The van der Waals surface area contributed by atoms with Crippen molar-refractivity contribution in [2.45, 2.75) is 19.4 Å². The predicted molar refractivity (Wildman–Crippen MR) is 145 cm³/mol. The van der Waals surface area contributed by atoms with Crippen LogP contribution in [0.25, 0.3) is 21.8 Å². The predicted octanol–water partition coefficient (Wildman–Crippen LogP) is 4.87. The zero-order valence-electron chi connectivity index (χ0n) is 18.5. The lowest BCUT2D eigenvalue weighted by Crippen LogP contribution is -2.04. The van der Waals surface area contributed by atoms with Crippen LogP contribution < -0.4 is 10.6 Å². The second kappa shape index (κ2) is 12.2. The van der Waals surface area contributed by atoms with Crippen LogP contribution in [0.5, 0.6) is 0 Å². The Morgan fingerprint density at radius 2 is 1.47 bits per heavy atom. The van der Waals surface area contributed by atoms with Gasteiger partial charge in [0.25, 0.3) is 0 Å². The summed E-state index contributed by atoms with van der Waals surface area (Å²) >= 11 is 0.946. The largest absolute Gasteiger partial charge is 0.385 e. The average Bonchev–Trinajstić information content (AvgIpc) is 2.86. The van der Waals surface area contributed by atoms with E-state index in [9.17, 15) is 8.42 Å². The molecule has 174 valence electrons. The van der Waals surface area contributed by atoms with Gasteiger partial charge in [-0.25, -0.2) is 13.4 Å². The molecule has 0 saturated carbocycles. The number of nitrogens with zero attached hydrogens (tertiary/aromatic N) is 1. The molecule has 0 amide bonds. The van der Waals surface area contributed by atoms with E-state index < -0.39 is 0 Å². The molecule has 0 spiro atoms. The molecule has 0 radical (unpaired) electrons. The number of nitrogens with one attached hydrogen (secondary N) is 2. The first kappa shape index (κ1) is 23.8. The van der Waals surface area contributed by atoms with E-state index in [2.05, 4.69) is 34.9 Å². The molecule has 0 atom stereocenters.